The molecule has 0 unspecified atom stereocenters. The standard InChI is InChI=1S/C27H29N5O4S/c1-30(37(3,34)35)17-15-27(13-14-27)19-4-6-20(7-5-19)31-16-12-23-24(18-28)29-32(25(23)26(31)33)21-8-10-22(36-2)11-9-21/h4-11H,12-17H2,1-3H3. The molecule has 1 fully saturated rings. The van der Waals surface area contributed by atoms with Crippen molar-refractivity contribution in [3.05, 3.63) is 71.0 Å². The Morgan fingerprint density at radius 2 is 1.76 bits per heavy atom. The molecule has 0 atom stereocenters. The zero-order chi connectivity index (χ0) is 26.4. The number of amides is 1. The van der Waals surface area contributed by atoms with Gasteiger partial charge in [-0.05, 0) is 73.1 Å². The van der Waals surface area contributed by atoms with Crippen molar-refractivity contribution in [2.24, 2.45) is 0 Å². The van der Waals surface area contributed by atoms with Crippen LogP contribution < -0.4 is 9.64 Å². The molecule has 192 valence electrons. The summed E-state index contributed by atoms with van der Waals surface area (Å²) in [7, 11) is -0.00535. The summed E-state index contributed by atoms with van der Waals surface area (Å²) in [6.45, 7) is 0.934. The summed E-state index contributed by atoms with van der Waals surface area (Å²) in [5.74, 6) is 0.490. The van der Waals surface area contributed by atoms with E-state index in [9.17, 15) is 18.5 Å². The Bertz CT molecular complexity index is 1480. The molecular weight excluding hydrogens is 490 g/mol. The van der Waals surface area contributed by atoms with Gasteiger partial charge in [-0.3, -0.25) is 4.79 Å². The van der Waals surface area contributed by atoms with Crippen molar-refractivity contribution in [3.63, 3.8) is 0 Å². The topological polar surface area (TPSA) is 109 Å². The first-order chi connectivity index (χ1) is 17.7. The van der Waals surface area contributed by atoms with Crippen LogP contribution in [0.25, 0.3) is 5.69 Å². The summed E-state index contributed by atoms with van der Waals surface area (Å²) in [6, 6.07) is 17.3. The summed E-state index contributed by atoms with van der Waals surface area (Å²) in [5.41, 5.74) is 3.96. The van der Waals surface area contributed by atoms with Crippen molar-refractivity contribution in [1.29, 1.82) is 5.26 Å². The number of hydrogen-bond acceptors (Lipinski definition) is 6. The summed E-state index contributed by atoms with van der Waals surface area (Å²) in [4.78, 5) is 15.4. The van der Waals surface area contributed by atoms with Gasteiger partial charge in [0.2, 0.25) is 10.0 Å². The van der Waals surface area contributed by atoms with Crippen LogP contribution in [-0.4, -0.2) is 61.9 Å². The lowest BCUT2D eigenvalue weighted by atomic mass is 9.92. The van der Waals surface area contributed by atoms with Crippen LogP contribution in [0.3, 0.4) is 0 Å². The Balaban J connectivity index is 1.39. The average molecular weight is 520 g/mol. The van der Waals surface area contributed by atoms with E-state index in [1.165, 1.54) is 16.1 Å². The number of rotatable bonds is 8. The second-order valence-corrected chi connectivity index (χ2v) is 11.9. The summed E-state index contributed by atoms with van der Waals surface area (Å²) < 4.78 is 31.7. The first kappa shape index (κ1) is 25.0. The first-order valence-electron chi connectivity index (χ1n) is 12.2. The minimum absolute atomic E-state index is 0.00869. The van der Waals surface area contributed by atoms with E-state index < -0.39 is 10.0 Å². The normalized spacial score (nSPS) is 16.4. The third-order valence-corrected chi connectivity index (χ3v) is 8.87. The molecule has 1 aliphatic heterocycles. The molecule has 3 aromatic rings. The highest BCUT2D eigenvalue weighted by molar-refractivity contribution is 7.88. The second kappa shape index (κ2) is 9.32. The van der Waals surface area contributed by atoms with Crippen molar-refractivity contribution >= 4 is 21.6 Å². The van der Waals surface area contributed by atoms with E-state index in [0.717, 1.165) is 24.9 Å². The highest BCUT2D eigenvalue weighted by Gasteiger charge is 2.44. The van der Waals surface area contributed by atoms with Crippen LogP contribution in [0.4, 0.5) is 5.69 Å². The van der Waals surface area contributed by atoms with E-state index in [1.807, 2.05) is 36.4 Å². The first-order valence-corrected chi connectivity index (χ1v) is 14.0. The molecule has 1 amide bonds. The fourth-order valence-electron chi connectivity index (χ4n) is 4.97. The van der Waals surface area contributed by atoms with Gasteiger partial charge in [-0.2, -0.15) is 10.4 Å². The number of hydrogen-bond donors (Lipinski definition) is 0. The smallest absolute Gasteiger partial charge is 0.277 e. The molecule has 0 bridgehead atoms. The quantitative estimate of drug-likeness (QED) is 0.452. The minimum atomic E-state index is -3.20. The van der Waals surface area contributed by atoms with Crippen LogP contribution in [0.2, 0.25) is 0 Å². The number of fused-ring (bicyclic) bond motifs is 1. The maximum Gasteiger partial charge on any atom is 0.277 e. The fraction of sp³-hybridized carbons (Fsp3) is 0.370. The van der Waals surface area contributed by atoms with Crippen LogP contribution in [0, 0.1) is 11.3 Å². The maximum absolute atomic E-state index is 13.7. The molecule has 9 nitrogen and oxygen atoms in total. The molecule has 0 radical (unpaired) electrons. The predicted octanol–water partition coefficient (Wildman–Crippen LogP) is 3.27. The van der Waals surface area contributed by atoms with Gasteiger partial charge in [-0.15, -0.1) is 0 Å². The molecule has 1 aromatic heterocycles. The maximum atomic E-state index is 13.7. The van der Waals surface area contributed by atoms with Gasteiger partial charge in [0.15, 0.2) is 5.69 Å². The Kier molecular flexibility index (Phi) is 6.30. The van der Waals surface area contributed by atoms with E-state index in [2.05, 4.69) is 11.2 Å². The molecule has 1 saturated carbocycles. The predicted molar refractivity (Wildman–Crippen MR) is 140 cm³/mol. The SMILES string of the molecule is COc1ccc(-n2nc(C#N)c3c2C(=O)N(c2ccc(C4(CCN(C)S(C)(=O)=O)CC4)cc2)CC3)cc1. The van der Waals surface area contributed by atoms with E-state index in [1.54, 1.807) is 35.9 Å². The zero-order valence-corrected chi connectivity index (χ0v) is 22.0. The molecule has 0 saturated heterocycles. The Hall–Kier alpha value is -3.68. The summed E-state index contributed by atoms with van der Waals surface area (Å²) >= 11 is 0. The molecule has 2 heterocycles. The monoisotopic (exact) mass is 519 g/mol. The number of anilines is 1. The Labute approximate surface area is 216 Å². The summed E-state index contributed by atoms with van der Waals surface area (Å²) in [6.07, 6.45) is 4.56. The second-order valence-electron chi connectivity index (χ2n) is 9.77. The van der Waals surface area contributed by atoms with E-state index >= 15 is 0 Å². The van der Waals surface area contributed by atoms with Crippen LogP contribution in [0.5, 0.6) is 5.75 Å². The van der Waals surface area contributed by atoms with Gasteiger partial charge >= 0.3 is 0 Å². The van der Waals surface area contributed by atoms with Crippen molar-refractivity contribution in [2.45, 2.75) is 31.1 Å². The van der Waals surface area contributed by atoms with Gasteiger partial charge in [0.1, 0.15) is 17.5 Å². The minimum Gasteiger partial charge on any atom is -0.497 e. The highest BCUT2D eigenvalue weighted by atomic mass is 32.2. The molecule has 1 aliphatic carbocycles. The van der Waals surface area contributed by atoms with E-state index in [4.69, 9.17) is 4.74 Å². The molecule has 37 heavy (non-hydrogen) atoms. The van der Waals surface area contributed by atoms with Crippen LogP contribution in [0.1, 0.15) is 46.6 Å². The molecule has 5 rings (SSSR count). The van der Waals surface area contributed by atoms with Crippen LogP contribution in [-0.2, 0) is 21.9 Å². The molecule has 0 N–H and O–H groups in total. The number of methoxy groups -OCH3 is 1. The number of sulfonamides is 1. The number of aromatic nitrogens is 2. The van der Waals surface area contributed by atoms with Gasteiger partial charge in [-0.1, -0.05) is 12.1 Å². The lowest BCUT2D eigenvalue weighted by molar-refractivity contribution is 0.0973. The van der Waals surface area contributed by atoms with Gasteiger partial charge in [0.25, 0.3) is 5.91 Å². The summed E-state index contributed by atoms with van der Waals surface area (Å²) in [5, 5.41) is 14.1. The van der Waals surface area contributed by atoms with Gasteiger partial charge in [0.05, 0.1) is 19.1 Å². The van der Waals surface area contributed by atoms with Crippen LogP contribution >= 0.6 is 0 Å². The highest BCUT2D eigenvalue weighted by Crippen LogP contribution is 2.51. The Morgan fingerprint density at radius 1 is 1.11 bits per heavy atom. The molecule has 10 heteroatoms. The average Bonchev–Trinajstić information content (AvgIpc) is 3.60. The molecule has 0 spiro atoms. The van der Waals surface area contributed by atoms with Crippen molar-refractivity contribution in [1.82, 2.24) is 14.1 Å². The third-order valence-electron chi connectivity index (χ3n) is 7.56. The number of carbonyl (C=O) groups excluding carboxylic acids is 1. The van der Waals surface area contributed by atoms with Crippen molar-refractivity contribution in [2.75, 3.05) is 38.4 Å². The number of ether oxygens (including phenoxy) is 1. The van der Waals surface area contributed by atoms with Gasteiger partial charge in [0, 0.05) is 31.4 Å². The lowest BCUT2D eigenvalue weighted by Gasteiger charge is -2.28. The number of carbonyl (C=O) groups is 1. The van der Waals surface area contributed by atoms with Gasteiger partial charge < -0.3 is 9.64 Å². The molecule has 2 aliphatic rings. The number of benzene rings is 2. The molecular formula is C27H29N5O4S. The van der Waals surface area contributed by atoms with Crippen molar-refractivity contribution < 1.29 is 17.9 Å². The third kappa shape index (κ3) is 4.61. The molecule has 2 aromatic carbocycles. The van der Waals surface area contributed by atoms with Gasteiger partial charge in [-0.25, -0.2) is 17.4 Å². The zero-order valence-electron chi connectivity index (χ0n) is 21.1. The number of nitriles is 1. The fourth-order valence-corrected chi connectivity index (χ4v) is 5.40. The number of nitrogens with zero attached hydrogens (tertiary/aromatic N) is 5. The van der Waals surface area contributed by atoms with E-state index in [-0.39, 0.29) is 17.0 Å². The van der Waals surface area contributed by atoms with Crippen LogP contribution in [0.15, 0.2) is 48.5 Å². The lowest BCUT2D eigenvalue weighted by Crippen LogP contribution is -2.38. The van der Waals surface area contributed by atoms with E-state index in [0.29, 0.717) is 42.2 Å². The Morgan fingerprint density at radius 3 is 2.32 bits per heavy atom. The largest absolute Gasteiger partial charge is 0.497 e. The van der Waals surface area contributed by atoms with Crippen molar-refractivity contribution in [3.8, 4) is 17.5 Å².